The van der Waals surface area contributed by atoms with E-state index in [9.17, 15) is 9.59 Å². The quantitative estimate of drug-likeness (QED) is 0.819. The van der Waals surface area contributed by atoms with Gasteiger partial charge in [0.05, 0.1) is 0 Å². The SMILES string of the molecule is CCCNC(=O)CC(=O)Nc1cc(Cl)cc(Cl)c1. The monoisotopic (exact) mass is 288 g/mol. The second kappa shape index (κ2) is 7.24. The third-order valence-corrected chi connectivity index (χ3v) is 2.48. The summed E-state index contributed by atoms with van der Waals surface area (Å²) >= 11 is 11.6. The molecule has 2 N–H and O–H groups in total. The van der Waals surface area contributed by atoms with Crippen LogP contribution in [0.5, 0.6) is 0 Å². The number of carbonyl (C=O) groups is 2. The molecule has 1 aromatic rings. The molecule has 98 valence electrons. The van der Waals surface area contributed by atoms with Crippen LogP contribution in [0, 0.1) is 0 Å². The molecular formula is C12H14Cl2N2O2. The third-order valence-electron chi connectivity index (χ3n) is 2.04. The summed E-state index contributed by atoms with van der Waals surface area (Å²) in [5, 5.41) is 6.03. The summed E-state index contributed by atoms with van der Waals surface area (Å²) < 4.78 is 0. The molecule has 0 saturated carbocycles. The van der Waals surface area contributed by atoms with E-state index >= 15 is 0 Å². The van der Waals surface area contributed by atoms with Gasteiger partial charge in [0.15, 0.2) is 0 Å². The van der Waals surface area contributed by atoms with E-state index in [1.54, 1.807) is 18.2 Å². The lowest BCUT2D eigenvalue weighted by Crippen LogP contribution is -2.28. The zero-order chi connectivity index (χ0) is 13.5. The highest BCUT2D eigenvalue weighted by atomic mass is 35.5. The lowest BCUT2D eigenvalue weighted by atomic mass is 10.3. The Bertz CT molecular complexity index is 429. The van der Waals surface area contributed by atoms with Crippen LogP contribution >= 0.6 is 23.2 Å². The minimum Gasteiger partial charge on any atom is -0.356 e. The highest BCUT2D eigenvalue weighted by Crippen LogP contribution is 2.22. The maximum Gasteiger partial charge on any atom is 0.233 e. The van der Waals surface area contributed by atoms with Crippen molar-refractivity contribution in [3.05, 3.63) is 28.2 Å². The van der Waals surface area contributed by atoms with Gasteiger partial charge >= 0.3 is 0 Å². The molecule has 0 saturated heterocycles. The summed E-state index contributed by atoms with van der Waals surface area (Å²) in [5.74, 6) is -0.704. The van der Waals surface area contributed by atoms with E-state index in [1.807, 2.05) is 6.92 Å². The minimum atomic E-state index is -0.401. The predicted molar refractivity (Wildman–Crippen MR) is 73.0 cm³/mol. The smallest absolute Gasteiger partial charge is 0.233 e. The Morgan fingerprint density at radius 2 is 1.72 bits per heavy atom. The van der Waals surface area contributed by atoms with E-state index < -0.39 is 5.91 Å². The van der Waals surface area contributed by atoms with Crippen LogP contribution in [0.1, 0.15) is 19.8 Å². The number of benzene rings is 1. The Hall–Kier alpha value is -1.26. The first-order valence-corrected chi connectivity index (χ1v) is 6.29. The van der Waals surface area contributed by atoms with Gasteiger partial charge in [0.25, 0.3) is 0 Å². The first-order valence-electron chi connectivity index (χ1n) is 5.54. The Morgan fingerprint density at radius 3 is 2.28 bits per heavy atom. The van der Waals surface area contributed by atoms with Gasteiger partial charge in [-0.05, 0) is 24.6 Å². The lowest BCUT2D eigenvalue weighted by Gasteiger charge is -2.06. The average molecular weight is 289 g/mol. The van der Waals surface area contributed by atoms with E-state index in [4.69, 9.17) is 23.2 Å². The van der Waals surface area contributed by atoms with Crippen LogP contribution < -0.4 is 10.6 Å². The van der Waals surface area contributed by atoms with Crippen molar-refractivity contribution in [3.8, 4) is 0 Å². The highest BCUT2D eigenvalue weighted by molar-refractivity contribution is 6.35. The maximum absolute atomic E-state index is 11.6. The number of anilines is 1. The molecular weight excluding hydrogens is 275 g/mol. The standard InChI is InChI=1S/C12H14Cl2N2O2/c1-2-3-15-11(17)7-12(18)16-10-5-8(13)4-9(14)6-10/h4-6H,2-3,7H2,1H3,(H,15,17)(H,16,18). The second-order valence-electron chi connectivity index (χ2n) is 3.73. The Kier molecular flexibility index (Phi) is 5.95. The van der Waals surface area contributed by atoms with Crippen molar-refractivity contribution in [3.63, 3.8) is 0 Å². The molecule has 0 atom stereocenters. The maximum atomic E-state index is 11.6. The van der Waals surface area contributed by atoms with Gasteiger partial charge in [-0.1, -0.05) is 30.1 Å². The van der Waals surface area contributed by atoms with Crippen LogP contribution in [0.25, 0.3) is 0 Å². The number of hydrogen-bond acceptors (Lipinski definition) is 2. The fourth-order valence-electron chi connectivity index (χ4n) is 1.30. The van der Waals surface area contributed by atoms with Crippen molar-refractivity contribution in [2.45, 2.75) is 19.8 Å². The topological polar surface area (TPSA) is 58.2 Å². The van der Waals surface area contributed by atoms with E-state index in [2.05, 4.69) is 10.6 Å². The zero-order valence-corrected chi connectivity index (χ0v) is 11.4. The van der Waals surface area contributed by atoms with Crippen LogP contribution in [-0.2, 0) is 9.59 Å². The van der Waals surface area contributed by atoms with Gasteiger partial charge in [0.1, 0.15) is 6.42 Å². The number of nitrogens with one attached hydrogen (secondary N) is 2. The number of halogens is 2. The molecule has 0 aliphatic rings. The van der Waals surface area contributed by atoms with E-state index in [0.717, 1.165) is 6.42 Å². The predicted octanol–water partition coefficient (Wildman–Crippen LogP) is 2.85. The van der Waals surface area contributed by atoms with Gasteiger partial charge in [0.2, 0.25) is 11.8 Å². The van der Waals surface area contributed by atoms with Gasteiger partial charge < -0.3 is 10.6 Å². The van der Waals surface area contributed by atoms with E-state index in [1.165, 1.54) is 0 Å². The summed E-state index contributed by atoms with van der Waals surface area (Å²) in [5.41, 5.74) is 0.473. The number of amides is 2. The fraction of sp³-hybridized carbons (Fsp3) is 0.333. The Labute approximate surface area is 116 Å². The number of rotatable bonds is 5. The van der Waals surface area contributed by atoms with Crippen LogP contribution in [0.15, 0.2) is 18.2 Å². The lowest BCUT2D eigenvalue weighted by molar-refractivity contribution is -0.126. The van der Waals surface area contributed by atoms with Gasteiger partial charge in [-0.25, -0.2) is 0 Å². The minimum absolute atomic E-state index is 0.218. The third kappa shape index (κ3) is 5.38. The van der Waals surface area contributed by atoms with Crippen molar-refractivity contribution in [1.82, 2.24) is 5.32 Å². The Morgan fingerprint density at radius 1 is 1.11 bits per heavy atom. The summed E-state index contributed by atoms with van der Waals surface area (Å²) in [4.78, 5) is 22.9. The molecule has 0 spiro atoms. The van der Waals surface area contributed by atoms with Crippen molar-refractivity contribution >= 4 is 40.7 Å². The van der Waals surface area contributed by atoms with Crippen molar-refractivity contribution < 1.29 is 9.59 Å². The molecule has 2 amide bonds. The summed E-state index contributed by atoms with van der Waals surface area (Å²) in [7, 11) is 0. The average Bonchev–Trinajstić information content (AvgIpc) is 2.24. The van der Waals surface area contributed by atoms with Gasteiger partial charge in [-0.2, -0.15) is 0 Å². The van der Waals surface area contributed by atoms with Crippen LogP contribution in [-0.4, -0.2) is 18.4 Å². The highest BCUT2D eigenvalue weighted by Gasteiger charge is 2.09. The summed E-state index contributed by atoms with van der Waals surface area (Å²) in [6, 6.07) is 4.69. The number of carbonyl (C=O) groups excluding carboxylic acids is 2. The molecule has 4 nitrogen and oxygen atoms in total. The van der Waals surface area contributed by atoms with Crippen LogP contribution in [0.2, 0.25) is 10.0 Å². The second-order valence-corrected chi connectivity index (χ2v) is 4.61. The largest absolute Gasteiger partial charge is 0.356 e. The molecule has 0 heterocycles. The van der Waals surface area contributed by atoms with Gasteiger partial charge in [-0.3, -0.25) is 9.59 Å². The molecule has 1 aromatic carbocycles. The van der Waals surface area contributed by atoms with Crippen molar-refractivity contribution in [2.24, 2.45) is 0 Å². The molecule has 1 rings (SSSR count). The van der Waals surface area contributed by atoms with Crippen molar-refractivity contribution in [2.75, 3.05) is 11.9 Å². The van der Waals surface area contributed by atoms with Gasteiger partial charge in [0, 0.05) is 22.3 Å². The summed E-state index contributed by atoms with van der Waals surface area (Å²) in [6.45, 7) is 2.50. The van der Waals surface area contributed by atoms with Crippen molar-refractivity contribution in [1.29, 1.82) is 0 Å². The molecule has 0 radical (unpaired) electrons. The molecule has 0 bridgehead atoms. The molecule has 0 fully saturated rings. The van der Waals surface area contributed by atoms with Crippen LogP contribution in [0.3, 0.4) is 0 Å². The van der Waals surface area contributed by atoms with E-state index in [0.29, 0.717) is 22.3 Å². The molecule has 0 aromatic heterocycles. The van der Waals surface area contributed by atoms with Gasteiger partial charge in [-0.15, -0.1) is 0 Å². The summed E-state index contributed by atoms with van der Waals surface area (Å²) in [6.07, 6.45) is 0.612. The molecule has 6 heteroatoms. The normalized spacial score (nSPS) is 9.94. The first-order chi connectivity index (χ1) is 8.51. The molecule has 0 aliphatic carbocycles. The molecule has 0 unspecified atom stereocenters. The fourth-order valence-corrected chi connectivity index (χ4v) is 1.83. The van der Waals surface area contributed by atoms with E-state index in [-0.39, 0.29) is 12.3 Å². The number of hydrogen-bond donors (Lipinski definition) is 2. The first kappa shape index (κ1) is 14.8. The molecule has 0 aliphatic heterocycles. The molecule has 18 heavy (non-hydrogen) atoms. The zero-order valence-electron chi connectivity index (χ0n) is 9.93. The van der Waals surface area contributed by atoms with Crippen LogP contribution in [0.4, 0.5) is 5.69 Å². The Balaban J connectivity index is 2.51.